The minimum Gasteiger partial charge on any atom is -0.494 e. The molecule has 0 saturated heterocycles. The maximum atomic E-state index is 11.5. The number of benzene rings is 1. The van der Waals surface area contributed by atoms with E-state index in [1.54, 1.807) is 0 Å². The van der Waals surface area contributed by atoms with Gasteiger partial charge in [-0.25, -0.2) is 0 Å². The van der Waals surface area contributed by atoms with Crippen molar-refractivity contribution in [3.05, 3.63) is 29.8 Å². The van der Waals surface area contributed by atoms with Crippen molar-refractivity contribution < 1.29 is 14.3 Å². The van der Waals surface area contributed by atoms with Crippen LogP contribution < -0.4 is 4.74 Å². The molecule has 0 amide bonds. The molecule has 1 rings (SSSR count). The van der Waals surface area contributed by atoms with E-state index in [4.69, 9.17) is 9.47 Å². The molecule has 0 saturated carbocycles. The monoisotopic (exact) mass is 264 g/mol. The Morgan fingerprint density at radius 2 is 1.84 bits per heavy atom. The fourth-order valence-corrected chi connectivity index (χ4v) is 1.72. The van der Waals surface area contributed by atoms with E-state index >= 15 is 0 Å². The van der Waals surface area contributed by atoms with E-state index in [0.29, 0.717) is 6.42 Å². The first-order valence-corrected chi connectivity index (χ1v) is 7.03. The molecule has 0 heterocycles. The summed E-state index contributed by atoms with van der Waals surface area (Å²) in [7, 11) is 0. The lowest BCUT2D eigenvalue weighted by molar-refractivity contribution is -0.146. The van der Waals surface area contributed by atoms with Gasteiger partial charge in [0, 0.05) is 0 Å². The molecule has 0 aliphatic rings. The minimum absolute atomic E-state index is 0.0614. The van der Waals surface area contributed by atoms with Gasteiger partial charge in [0.15, 0.2) is 0 Å². The normalized spacial score (nSPS) is 10.5. The van der Waals surface area contributed by atoms with Crippen LogP contribution in [0.5, 0.6) is 5.75 Å². The van der Waals surface area contributed by atoms with Crippen molar-refractivity contribution >= 4 is 5.97 Å². The second-order valence-corrected chi connectivity index (χ2v) is 4.91. The van der Waals surface area contributed by atoms with Gasteiger partial charge in [-0.3, -0.25) is 4.79 Å². The zero-order valence-corrected chi connectivity index (χ0v) is 12.1. The fourth-order valence-electron chi connectivity index (χ4n) is 1.72. The maximum absolute atomic E-state index is 11.5. The smallest absolute Gasteiger partial charge is 0.310 e. The van der Waals surface area contributed by atoms with E-state index < -0.39 is 0 Å². The van der Waals surface area contributed by atoms with Gasteiger partial charge < -0.3 is 9.47 Å². The second-order valence-electron chi connectivity index (χ2n) is 4.91. The predicted octanol–water partition coefficient (Wildman–Crippen LogP) is 3.75. The Kier molecular flexibility index (Phi) is 7.01. The van der Waals surface area contributed by atoms with Crippen LogP contribution in [-0.2, 0) is 16.0 Å². The van der Waals surface area contributed by atoms with E-state index in [-0.39, 0.29) is 12.1 Å². The molecule has 19 heavy (non-hydrogen) atoms. The minimum atomic E-state index is -0.188. The van der Waals surface area contributed by atoms with Gasteiger partial charge in [-0.15, -0.1) is 0 Å². The molecule has 0 N–H and O–H groups in total. The van der Waals surface area contributed by atoms with Crippen molar-refractivity contribution in [1.29, 1.82) is 0 Å². The number of unbranched alkanes of at least 4 members (excludes halogenated alkanes) is 2. The van der Waals surface area contributed by atoms with Crippen LogP contribution >= 0.6 is 0 Å². The van der Waals surface area contributed by atoms with Gasteiger partial charge in [0.2, 0.25) is 0 Å². The highest BCUT2D eigenvalue weighted by Crippen LogP contribution is 2.13. The molecule has 0 radical (unpaired) electrons. The van der Waals surface area contributed by atoms with Gasteiger partial charge in [-0.05, 0) is 38.0 Å². The van der Waals surface area contributed by atoms with Gasteiger partial charge in [-0.2, -0.15) is 0 Å². The van der Waals surface area contributed by atoms with Gasteiger partial charge in [0.1, 0.15) is 5.75 Å². The number of carbonyl (C=O) groups excluding carboxylic acids is 1. The molecular weight excluding hydrogens is 240 g/mol. The molecule has 0 unspecified atom stereocenters. The Balaban J connectivity index is 2.36. The molecule has 0 fully saturated rings. The number of hydrogen-bond acceptors (Lipinski definition) is 3. The summed E-state index contributed by atoms with van der Waals surface area (Å²) in [6.07, 6.45) is 3.72. The fraction of sp³-hybridized carbons (Fsp3) is 0.562. The Morgan fingerprint density at radius 3 is 2.42 bits per heavy atom. The molecule has 0 aromatic heterocycles. The number of hydrogen-bond donors (Lipinski definition) is 0. The molecule has 0 aliphatic carbocycles. The molecule has 0 atom stereocenters. The quantitative estimate of drug-likeness (QED) is 0.530. The van der Waals surface area contributed by atoms with Gasteiger partial charge in [0.25, 0.3) is 0 Å². The van der Waals surface area contributed by atoms with Crippen LogP contribution in [-0.4, -0.2) is 18.7 Å². The Morgan fingerprint density at radius 1 is 1.16 bits per heavy atom. The van der Waals surface area contributed by atoms with Crippen LogP contribution in [0.15, 0.2) is 24.3 Å². The third-order valence-electron chi connectivity index (χ3n) is 2.66. The summed E-state index contributed by atoms with van der Waals surface area (Å²) in [6.45, 7) is 6.63. The third kappa shape index (κ3) is 6.85. The van der Waals surface area contributed by atoms with Gasteiger partial charge in [0.05, 0.1) is 19.1 Å². The first-order chi connectivity index (χ1) is 9.11. The molecule has 0 bridgehead atoms. The van der Waals surface area contributed by atoms with Crippen molar-refractivity contribution in [2.75, 3.05) is 6.61 Å². The van der Waals surface area contributed by atoms with Crippen molar-refractivity contribution in [3.63, 3.8) is 0 Å². The van der Waals surface area contributed by atoms with Crippen LogP contribution in [0.1, 0.15) is 45.6 Å². The van der Waals surface area contributed by atoms with Crippen LogP contribution in [0.4, 0.5) is 0 Å². The van der Waals surface area contributed by atoms with Gasteiger partial charge >= 0.3 is 5.97 Å². The van der Waals surface area contributed by atoms with Crippen LogP contribution in [0.3, 0.4) is 0 Å². The van der Waals surface area contributed by atoms with E-state index in [0.717, 1.165) is 24.3 Å². The average molecular weight is 264 g/mol. The number of esters is 1. The predicted molar refractivity (Wildman–Crippen MR) is 76.4 cm³/mol. The number of carbonyl (C=O) groups is 1. The SMILES string of the molecule is CCCCCOc1ccc(CC(=O)OC(C)C)cc1. The van der Waals surface area contributed by atoms with E-state index in [1.165, 1.54) is 12.8 Å². The Hall–Kier alpha value is -1.51. The van der Waals surface area contributed by atoms with Crippen LogP contribution in [0, 0.1) is 0 Å². The van der Waals surface area contributed by atoms with Crippen LogP contribution in [0.25, 0.3) is 0 Å². The molecule has 3 heteroatoms. The standard InChI is InChI=1S/C16H24O3/c1-4-5-6-11-18-15-9-7-14(8-10-15)12-16(17)19-13(2)3/h7-10,13H,4-6,11-12H2,1-3H3. The molecule has 1 aromatic rings. The largest absolute Gasteiger partial charge is 0.494 e. The van der Waals surface area contributed by atoms with E-state index in [2.05, 4.69) is 6.92 Å². The molecule has 0 aliphatic heterocycles. The van der Waals surface area contributed by atoms with E-state index in [9.17, 15) is 4.79 Å². The van der Waals surface area contributed by atoms with Crippen molar-refractivity contribution in [3.8, 4) is 5.75 Å². The molecule has 106 valence electrons. The third-order valence-corrected chi connectivity index (χ3v) is 2.66. The molecular formula is C16H24O3. The number of rotatable bonds is 8. The van der Waals surface area contributed by atoms with Gasteiger partial charge in [-0.1, -0.05) is 31.9 Å². The summed E-state index contributed by atoms with van der Waals surface area (Å²) in [5.41, 5.74) is 0.951. The zero-order valence-electron chi connectivity index (χ0n) is 12.1. The lowest BCUT2D eigenvalue weighted by Gasteiger charge is -2.09. The topological polar surface area (TPSA) is 35.5 Å². The highest BCUT2D eigenvalue weighted by Gasteiger charge is 2.06. The summed E-state index contributed by atoms with van der Waals surface area (Å²) in [6, 6.07) is 7.64. The summed E-state index contributed by atoms with van der Waals surface area (Å²) in [5, 5.41) is 0. The number of ether oxygens (including phenoxy) is 2. The summed E-state index contributed by atoms with van der Waals surface area (Å²) in [5.74, 6) is 0.670. The maximum Gasteiger partial charge on any atom is 0.310 e. The highest BCUT2D eigenvalue weighted by atomic mass is 16.5. The summed E-state index contributed by atoms with van der Waals surface area (Å²) in [4.78, 5) is 11.5. The lowest BCUT2D eigenvalue weighted by Crippen LogP contribution is -2.13. The van der Waals surface area contributed by atoms with E-state index in [1.807, 2.05) is 38.1 Å². The highest BCUT2D eigenvalue weighted by molar-refractivity contribution is 5.72. The average Bonchev–Trinajstić information content (AvgIpc) is 2.35. The van der Waals surface area contributed by atoms with Crippen molar-refractivity contribution in [2.45, 2.75) is 52.6 Å². The molecule has 1 aromatic carbocycles. The molecule has 0 spiro atoms. The molecule has 3 nitrogen and oxygen atoms in total. The van der Waals surface area contributed by atoms with Crippen molar-refractivity contribution in [2.24, 2.45) is 0 Å². The first-order valence-electron chi connectivity index (χ1n) is 7.03. The summed E-state index contributed by atoms with van der Waals surface area (Å²) < 4.78 is 10.7. The lowest BCUT2D eigenvalue weighted by atomic mass is 10.1. The Bertz CT molecular complexity index is 368. The van der Waals surface area contributed by atoms with Crippen molar-refractivity contribution in [1.82, 2.24) is 0 Å². The summed E-state index contributed by atoms with van der Waals surface area (Å²) >= 11 is 0. The first kappa shape index (κ1) is 15.5. The Labute approximate surface area is 115 Å². The van der Waals surface area contributed by atoms with Crippen LogP contribution in [0.2, 0.25) is 0 Å². The zero-order chi connectivity index (χ0) is 14.1. The second kappa shape index (κ2) is 8.57.